The van der Waals surface area contributed by atoms with Crippen LogP contribution in [0.2, 0.25) is 0 Å². The van der Waals surface area contributed by atoms with E-state index in [0.29, 0.717) is 17.6 Å². The number of aryl methyl sites for hydroxylation is 1. The van der Waals surface area contributed by atoms with Crippen LogP contribution in [0, 0.1) is 0 Å². The highest BCUT2D eigenvalue weighted by Crippen LogP contribution is 2.21. The van der Waals surface area contributed by atoms with Crippen molar-refractivity contribution in [1.29, 1.82) is 0 Å². The van der Waals surface area contributed by atoms with Crippen LogP contribution in [0.1, 0.15) is 95.1 Å². The number of likely N-dealkylation sites (N-methyl/N-ethyl adjacent to an activating group) is 1. The van der Waals surface area contributed by atoms with Gasteiger partial charge in [-0.15, -0.1) is 0 Å². The average molecular weight is 511 g/mol. The summed E-state index contributed by atoms with van der Waals surface area (Å²) in [5, 5.41) is 0. The summed E-state index contributed by atoms with van der Waals surface area (Å²) in [7, 11) is 4.10. The molecule has 0 heterocycles. The molecule has 4 nitrogen and oxygen atoms in total. The molecule has 0 saturated heterocycles. The fourth-order valence-corrected chi connectivity index (χ4v) is 4.84. The fraction of sp³-hybridized carbons (Fsp3) is 0.606. The van der Waals surface area contributed by atoms with E-state index in [1.165, 1.54) is 88.2 Å². The Morgan fingerprint density at radius 1 is 0.703 bits per heavy atom. The van der Waals surface area contributed by atoms with E-state index in [9.17, 15) is 4.79 Å². The number of esters is 1. The lowest BCUT2D eigenvalue weighted by atomic mass is 10.0. The number of carbonyl (C=O) groups is 1. The van der Waals surface area contributed by atoms with Gasteiger partial charge in [0.05, 0.1) is 14.1 Å². The number of benzene rings is 2. The maximum atomic E-state index is 12.4. The third kappa shape index (κ3) is 14.9. The molecule has 0 aromatic heterocycles. The molecular formula is C33H52NO3+. The quantitative estimate of drug-likeness (QED) is 0.0966. The number of hydrogen-bond donors (Lipinski definition) is 0. The Balaban J connectivity index is 1.56. The van der Waals surface area contributed by atoms with Gasteiger partial charge < -0.3 is 14.0 Å². The lowest BCUT2D eigenvalue weighted by Gasteiger charge is -2.28. The highest BCUT2D eigenvalue weighted by Gasteiger charge is 2.21. The Hall–Kier alpha value is -2.33. The number of rotatable bonds is 21. The lowest BCUT2D eigenvalue weighted by molar-refractivity contribution is -0.896. The molecule has 2 aromatic rings. The molecule has 0 aliphatic carbocycles. The number of para-hydroxylation sites is 1. The summed E-state index contributed by atoms with van der Waals surface area (Å²) < 4.78 is 12.0. The van der Waals surface area contributed by atoms with E-state index >= 15 is 0 Å². The van der Waals surface area contributed by atoms with E-state index in [-0.39, 0.29) is 12.6 Å². The van der Waals surface area contributed by atoms with Crippen LogP contribution < -0.4 is 4.74 Å². The molecule has 0 aliphatic rings. The van der Waals surface area contributed by atoms with Gasteiger partial charge in [0.15, 0.2) is 6.54 Å². The molecule has 206 valence electrons. The Labute approximate surface area is 227 Å². The van der Waals surface area contributed by atoms with Crippen molar-refractivity contribution in [3.63, 3.8) is 0 Å². The van der Waals surface area contributed by atoms with Gasteiger partial charge in [0.25, 0.3) is 0 Å². The number of quaternary nitrogens is 1. The molecule has 0 radical (unpaired) electrons. The van der Waals surface area contributed by atoms with E-state index < -0.39 is 0 Å². The molecule has 0 saturated carbocycles. The van der Waals surface area contributed by atoms with Gasteiger partial charge in [0.2, 0.25) is 0 Å². The lowest BCUT2D eigenvalue weighted by Crippen LogP contribution is -2.43. The Morgan fingerprint density at radius 3 is 1.92 bits per heavy atom. The van der Waals surface area contributed by atoms with Crippen LogP contribution in [0.3, 0.4) is 0 Å². The zero-order chi connectivity index (χ0) is 26.6. The molecule has 0 spiro atoms. The normalized spacial score (nSPS) is 11.4. The third-order valence-corrected chi connectivity index (χ3v) is 6.89. The highest BCUT2D eigenvalue weighted by atomic mass is 16.6. The molecule has 0 atom stereocenters. The predicted octanol–water partition coefficient (Wildman–Crippen LogP) is 8.13. The minimum atomic E-state index is -0.186. The number of unbranched alkanes of at least 4 members (excludes halogenated alkanes) is 11. The van der Waals surface area contributed by atoms with Crippen molar-refractivity contribution in [1.82, 2.24) is 0 Å². The molecule has 0 fully saturated rings. The molecule has 0 amide bonds. The second-order valence-electron chi connectivity index (χ2n) is 11.1. The predicted molar refractivity (Wildman–Crippen MR) is 155 cm³/mol. The van der Waals surface area contributed by atoms with Gasteiger partial charge in [-0.05, 0) is 24.5 Å². The maximum absolute atomic E-state index is 12.4. The van der Waals surface area contributed by atoms with E-state index in [1.807, 2.05) is 30.3 Å². The van der Waals surface area contributed by atoms with Crippen molar-refractivity contribution in [2.24, 2.45) is 0 Å². The minimum absolute atomic E-state index is 0.186. The third-order valence-electron chi connectivity index (χ3n) is 6.89. The number of carbonyl (C=O) groups excluding carboxylic acids is 1. The van der Waals surface area contributed by atoms with Crippen LogP contribution in [-0.2, 0) is 22.5 Å². The van der Waals surface area contributed by atoms with Gasteiger partial charge in [-0.1, -0.05) is 126 Å². The van der Waals surface area contributed by atoms with Gasteiger partial charge >= 0.3 is 5.97 Å². The van der Waals surface area contributed by atoms with Crippen LogP contribution in [0.5, 0.6) is 5.75 Å². The Bertz CT molecular complexity index is 850. The van der Waals surface area contributed by atoms with E-state index in [4.69, 9.17) is 9.47 Å². The number of ether oxygens (including phenoxy) is 2. The van der Waals surface area contributed by atoms with Crippen LogP contribution >= 0.6 is 0 Å². The summed E-state index contributed by atoms with van der Waals surface area (Å²) in [6.07, 6.45) is 17.4. The van der Waals surface area contributed by atoms with E-state index in [1.54, 1.807) is 0 Å². The smallest absolute Gasteiger partial charge is 0.361 e. The van der Waals surface area contributed by atoms with Gasteiger partial charge in [-0.2, -0.15) is 0 Å². The van der Waals surface area contributed by atoms with Gasteiger partial charge in [-0.3, -0.25) is 0 Å². The summed E-state index contributed by atoms with van der Waals surface area (Å²) in [4.78, 5) is 12.4. The molecule has 2 rings (SSSR count). The highest BCUT2D eigenvalue weighted by molar-refractivity contribution is 5.70. The molecule has 0 N–H and O–H groups in total. The summed E-state index contributed by atoms with van der Waals surface area (Å²) in [5.74, 6) is 0.733. The van der Waals surface area contributed by atoms with Crippen molar-refractivity contribution in [3.05, 3.63) is 65.7 Å². The summed E-state index contributed by atoms with van der Waals surface area (Å²) in [6.45, 7) is 4.06. The first-order valence-electron chi connectivity index (χ1n) is 14.7. The van der Waals surface area contributed by atoms with Crippen molar-refractivity contribution in [3.8, 4) is 5.75 Å². The van der Waals surface area contributed by atoms with Gasteiger partial charge in [-0.25, -0.2) is 4.79 Å². The average Bonchev–Trinajstić information content (AvgIpc) is 2.88. The molecule has 2 aromatic carbocycles. The molecule has 0 bridgehead atoms. The van der Waals surface area contributed by atoms with Crippen LogP contribution in [0.4, 0.5) is 0 Å². The van der Waals surface area contributed by atoms with Crippen molar-refractivity contribution in [2.75, 3.05) is 33.9 Å². The number of nitrogens with zero attached hydrogens (tertiary/aromatic N) is 1. The molecule has 0 unspecified atom stereocenters. The standard InChI is InChI=1S/C33H52NO3/c1-4-5-6-7-8-9-10-11-12-13-14-18-23-31-24-19-20-25-32(31)36-26-27-37-33(35)29-34(2,3)28-30-21-16-15-17-22-30/h15-17,19-22,24-25H,4-14,18,23,26-29H2,1-3H3/q+1. The Morgan fingerprint density at radius 2 is 1.27 bits per heavy atom. The maximum Gasteiger partial charge on any atom is 0.361 e. The van der Waals surface area contributed by atoms with Crippen LogP contribution in [0.25, 0.3) is 0 Å². The van der Waals surface area contributed by atoms with Crippen LogP contribution in [0.15, 0.2) is 54.6 Å². The second-order valence-corrected chi connectivity index (χ2v) is 11.1. The van der Waals surface area contributed by atoms with Gasteiger partial charge in [0, 0.05) is 5.56 Å². The topological polar surface area (TPSA) is 35.5 Å². The van der Waals surface area contributed by atoms with E-state index in [2.05, 4.69) is 45.3 Å². The fourth-order valence-electron chi connectivity index (χ4n) is 4.84. The largest absolute Gasteiger partial charge is 0.490 e. The Kier molecular flexibility index (Phi) is 15.7. The first-order valence-corrected chi connectivity index (χ1v) is 14.7. The first-order chi connectivity index (χ1) is 18.0. The molecule has 0 aliphatic heterocycles. The summed E-state index contributed by atoms with van der Waals surface area (Å²) in [5.41, 5.74) is 2.47. The molecule has 37 heavy (non-hydrogen) atoms. The summed E-state index contributed by atoms with van der Waals surface area (Å²) >= 11 is 0. The zero-order valence-electron chi connectivity index (χ0n) is 23.9. The molecular weight excluding hydrogens is 458 g/mol. The SMILES string of the molecule is CCCCCCCCCCCCCCc1ccccc1OCCOC(=O)C[N+](C)(C)Cc1ccccc1. The minimum Gasteiger partial charge on any atom is -0.490 e. The second kappa shape index (κ2) is 18.8. The zero-order valence-corrected chi connectivity index (χ0v) is 23.9. The van der Waals surface area contributed by atoms with Crippen molar-refractivity contribution in [2.45, 2.75) is 96.9 Å². The summed E-state index contributed by atoms with van der Waals surface area (Å²) in [6, 6.07) is 18.5. The monoisotopic (exact) mass is 510 g/mol. The van der Waals surface area contributed by atoms with Crippen molar-refractivity contribution < 1.29 is 18.8 Å². The molecule has 4 heteroatoms. The van der Waals surface area contributed by atoms with Crippen molar-refractivity contribution >= 4 is 5.97 Å². The van der Waals surface area contributed by atoms with Gasteiger partial charge in [0.1, 0.15) is 25.5 Å². The first kappa shape index (κ1) is 30.9. The van der Waals surface area contributed by atoms with Crippen LogP contribution in [-0.4, -0.2) is 44.3 Å². The number of hydrogen-bond acceptors (Lipinski definition) is 3. The van der Waals surface area contributed by atoms with E-state index in [0.717, 1.165) is 18.7 Å².